The van der Waals surface area contributed by atoms with Crippen molar-refractivity contribution in [3.8, 4) is 5.75 Å². The summed E-state index contributed by atoms with van der Waals surface area (Å²) in [6, 6.07) is 3.45. The summed E-state index contributed by atoms with van der Waals surface area (Å²) in [5.74, 6) is 1.48. The normalized spacial score (nSPS) is 18.8. The first kappa shape index (κ1) is 28.9. The van der Waals surface area contributed by atoms with E-state index in [2.05, 4.69) is 14.1 Å². The van der Waals surface area contributed by atoms with Crippen LogP contribution >= 0.6 is 0 Å². The molecule has 1 saturated carbocycles. The van der Waals surface area contributed by atoms with Gasteiger partial charge in [-0.3, -0.25) is 4.79 Å². The fourth-order valence-corrected chi connectivity index (χ4v) is 7.52. The molecule has 1 N–H and O–H groups in total. The third kappa shape index (κ3) is 7.00. The Morgan fingerprint density at radius 2 is 1.69 bits per heavy atom. The van der Waals surface area contributed by atoms with Gasteiger partial charge in [0.25, 0.3) is 0 Å². The maximum atomic E-state index is 13.1. The summed E-state index contributed by atoms with van der Waals surface area (Å²) >= 11 is 0. The predicted molar refractivity (Wildman–Crippen MR) is 141 cm³/mol. The summed E-state index contributed by atoms with van der Waals surface area (Å²) in [5, 5.41) is 0. The Hall–Kier alpha value is -1.68. The van der Waals surface area contributed by atoms with Crippen LogP contribution in [0.2, 0.25) is 0 Å². The lowest BCUT2D eigenvalue weighted by molar-refractivity contribution is -0.862. The van der Waals surface area contributed by atoms with Crippen molar-refractivity contribution in [1.82, 2.24) is 9.21 Å². The lowest BCUT2D eigenvalue weighted by Crippen LogP contribution is -3.06. The number of ether oxygens (including phenoxy) is 2. The van der Waals surface area contributed by atoms with Gasteiger partial charge in [-0.05, 0) is 81.0 Å². The minimum atomic E-state index is -3.67. The molecule has 0 unspecified atom stereocenters. The second-order valence-corrected chi connectivity index (χ2v) is 13.2. The van der Waals surface area contributed by atoms with E-state index in [9.17, 15) is 13.2 Å². The van der Waals surface area contributed by atoms with E-state index in [1.54, 1.807) is 40.1 Å². The minimum Gasteiger partial charge on any atom is -0.497 e. The number of sulfonamides is 1. The molecule has 1 saturated heterocycles. The molecule has 8 nitrogen and oxygen atoms in total. The van der Waals surface area contributed by atoms with Crippen molar-refractivity contribution < 1.29 is 27.6 Å². The lowest BCUT2D eigenvalue weighted by Gasteiger charge is -2.46. The van der Waals surface area contributed by atoms with Gasteiger partial charge in [0.1, 0.15) is 12.4 Å². The molecule has 2 fully saturated rings. The lowest BCUT2D eigenvalue weighted by atomic mass is 9.65. The number of nitrogens with one attached hydrogen (secondary N) is 1. The molecule has 0 radical (unpaired) electrons. The molecule has 0 bridgehead atoms. The highest BCUT2D eigenvalue weighted by atomic mass is 32.2. The summed E-state index contributed by atoms with van der Waals surface area (Å²) in [7, 11) is 3.90. The van der Waals surface area contributed by atoms with E-state index < -0.39 is 10.0 Å². The van der Waals surface area contributed by atoms with Crippen LogP contribution in [0.15, 0.2) is 17.0 Å². The highest BCUT2D eigenvalue weighted by molar-refractivity contribution is 7.89. The maximum absolute atomic E-state index is 13.1. The van der Waals surface area contributed by atoms with E-state index in [4.69, 9.17) is 9.47 Å². The van der Waals surface area contributed by atoms with Crippen molar-refractivity contribution >= 4 is 15.9 Å². The summed E-state index contributed by atoms with van der Waals surface area (Å²) in [6.07, 6.45) is 7.38. The van der Waals surface area contributed by atoms with Gasteiger partial charge in [-0.1, -0.05) is 0 Å². The van der Waals surface area contributed by atoms with Crippen LogP contribution in [-0.4, -0.2) is 91.2 Å². The Kier molecular flexibility index (Phi) is 9.82. The van der Waals surface area contributed by atoms with Crippen molar-refractivity contribution in [2.75, 3.05) is 67.6 Å². The van der Waals surface area contributed by atoms with E-state index in [1.807, 2.05) is 4.90 Å². The number of carbonyl (C=O) groups excluding carboxylic acids is 1. The first-order chi connectivity index (χ1) is 17.0. The quantitative estimate of drug-likeness (QED) is 0.473. The highest BCUT2D eigenvalue weighted by Gasteiger charge is 2.39. The number of rotatable bonds is 10. The molecule has 1 aromatic carbocycles. The summed E-state index contributed by atoms with van der Waals surface area (Å²) in [5.41, 5.74) is 1.71. The highest BCUT2D eigenvalue weighted by Crippen LogP contribution is 2.46. The number of carbonyl (C=O) groups is 1. The Morgan fingerprint density at radius 3 is 2.22 bits per heavy atom. The van der Waals surface area contributed by atoms with Gasteiger partial charge in [0, 0.05) is 32.6 Å². The predicted octanol–water partition coefficient (Wildman–Crippen LogP) is 1.89. The van der Waals surface area contributed by atoms with Gasteiger partial charge in [0.15, 0.2) is 0 Å². The van der Waals surface area contributed by atoms with Crippen LogP contribution in [0.4, 0.5) is 0 Å². The molecule has 3 rings (SSSR count). The number of benzene rings is 1. The number of aryl methyl sites for hydroxylation is 2. The molecule has 9 heteroatoms. The average Bonchev–Trinajstić information content (AvgIpc) is 2.82. The van der Waals surface area contributed by atoms with Crippen molar-refractivity contribution in [3.63, 3.8) is 0 Å². The second-order valence-electron chi connectivity index (χ2n) is 11.2. The van der Waals surface area contributed by atoms with Crippen LogP contribution in [0.25, 0.3) is 0 Å². The number of methoxy groups -OCH3 is 1. The largest absolute Gasteiger partial charge is 0.497 e. The molecule has 2 aliphatic rings. The fraction of sp³-hybridized carbons (Fsp3) is 0.741. The van der Waals surface area contributed by atoms with Gasteiger partial charge in [0.2, 0.25) is 15.9 Å². The smallest absolute Gasteiger partial charge is 0.248 e. The van der Waals surface area contributed by atoms with Crippen LogP contribution in [0.3, 0.4) is 0 Å². The number of likely N-dealkylation sites (N-methyl/N-ethyl adjacent to an activating group) is 1. The van der Waals surface area contributed by atoms with E-state index in [-0.39, 0.29) is 25.7 Å². The Morgan fingerprint density at radius 1 is 1.11 bits per heavy atom. The molecule has 36 heavy (non-hydrogen) atoms. The molecule has 1 spiro atoms. The van der Waals surface area contributed by atoms with Gasteiger partial charge in [0.05, 0.1) is 39.3 Å². The molecule has 204 valence electrons. The van der Waals surface area contributed by atoms with Gasteiger partial charge in [-0.15, -0.1) is 0 Å². The number of amides is 1. The average molecular weight is 525 g/mol. The molecule has 1 amide bonds. The SMILES string of the molecule is COc1cc(C)c(S(=O)(=O)N(C)CCOCC(=O)N2CCC3(CCC(C[NH+](C)C)CC3)CC2)c(C)c1. The third-order valence-electron chi connectivity index (χ3n) is 8.15. The zero-order chi connectivity index (χ0) is 26.5. The van der Waals surface area contributed by atoms with Gasteiger partial charge in [-0.25, -0.2) is 8.42 Å². The molecule has 1 heterocycles. The Labute approximate surface area is 218 Å². The number of likely N-dealkylation sites (tertiary alicyclic amines) is 1. The van der Waals surface area contributed by atoms with Crippen LogP contribution in [0.1, 0.15) is 49.7 Å². The van der Waals surface area contributed by atoms with Gasteiger partial charge >= 0.3 is 0 Å². The third-order valence-corrected chi connectivity index (χ3v) is 10.3. The van der Waals surface area contributed by atoms with Crippen molar-refractivity contribution in [3.05, 3.63) is 23.3 Å². The van der Waals surface area contributed by atoms with E-state index in [1.165, 1.54) is 41.4 Å². The zero-order valence-corrected chi connectivity index (χ0v) is 23.9. The number of piperidine rings is 1. The molecular formula is C27H46N3O5S+. The Bertz CT molecular complexity index is 970. The Balaban J connectivity index is 1.41. The molecule has 1 aliphatic heterocycles. The molecule has 1 aliphatic carbocycles. The molecule has 0 atom stereocenters. The number of hydrogen-bond donors (Lipinski definition) is 1. The summed E-state index contributed by atoms with van der Waals surface area (Å²) < 4.78 is 38.4. The van der Waals surface area contributed by atoms with Crippen LogP contribution in [0.5, 0.6) is 5.75 Å². The number of nitrogens with zero attached hydrogens (tertiary/aromatic N) is 2. The fourth-order valence-electron chi connectivity index (χ4n) is 5.96. The van der Waals surface area contributed by atoms with Crippen molar-refractivity contribution in [2.24, 2.45) is 11.3 Å². The van der Waals surface area contributed by atoms with E-state index in [0.717, 1.165) is 31.8 Å². The van der Waals surface area contributed by atoms with E-state index in [0.29, 0.717) is 27.2 Å². The number of quaternary nitrogens is 1. The van der Waals surface area contributed by atoms with Crippen LogP contribution < -0.4 is 9.64 Å². The maximum Gasteiger partial charge on any atom is 0.248 e. The monoisotopic (exact) mass is 524 g/mol. The molecule has 1 aromatic rings. The van der Waals surface area contributed by atoms with Crippen LogP contribution in [-0.2, 0) is 19.6 Å². The number of hydrogen-bond acceptors (Lipinski definition) is 5. The molecule has 0 aromatic heterocycles. The summed E-state index contributed by atoms with van der Waals surface area (Å²) in [4.78, 5) is 16.5. The van der Waals surface area contributed by atoms with Crippen molar-refractivity contribution in [2.45, 2.75) is 57.3 Å². The molecular weight excluding hydrogens is 478 g/mol. The second kappa shape index (κ2) is 12.2. The topological polar surface area (TPSA) is 80.6 Å². The first-order valence-corrected chi connectivity index (χ1v) is 14.7. The standard InChI is InChI=1S/C27H45N3O5S/c1-21-17-24(34-6)18-22(2)26(21)36(32,33)29(5)15-16-35-20-25(31)30-13-11-27(12-14-30)9-7-23(8-10-27)19-28(3)4/h17-18,23H,7-16,19-20H2,1-6H3/p+1. The van der Waals surface area contributed by atoms with Crippen molar-refractivity contribution in [1.29, 1.82) is 0 Å². The van der Waals surface area contributed by atoms with Gasteiger partial charge in [-0.2, -0.15) is 4.31 Å². The minimum absolute atomic E-state index is 0.00194. The summed E-state index contributed by atoms with van der Waals surface area (Å²) in [6.45, 7) is 6.74. The van der Waals surface area contributed by atoms with E-state index >= 15 is 0 Å². The zero-order valence-electron chi connectivity index (χ0n) is 23.1. The van der Waals surface area contributed by atoms with Gasteiger partial charge < -0.3 is 19.3 Å². The first-order valence-electron chi connectivity index (χ1n) is 13.2. The van der Waals surface area contributed by atoms with Crippen LogP contribution in [0, 0.1) is 25.2 Å².